The summed E-state index contributed by atoms with van der Waals surface area (Å²) in [6, 6.07) is 13.6. The zero-order chi connectivity index (χ0) is 24.6. The monoisotopic (exact) mass is 480 g/mol. The van der Waals surface area contributed by atoms with Crippen molar-refractivity contribution in [2.75, 3.05) is 18.4 Å². The Morgan fingerprint density at radius 2 is 1.94 bits per heavy atom. The highest BCUT2D eigenvalue weighted by Gasteiger charge is 2.37. The smallest absolute Gasteiger partial charge is 0.230 e. The number of aromatic nitrogens is 4. The molecule has 182 valence electrons. The Kier molecular flexibility index (Phi) is 5.71. The van der Waals surface area contributed by atoms with Gasteiger partial charge in [0.2, 0.25) is 5.91 Å². The van der Waals surface area contributed by atoms with E-state index in [9.17, 15) is 9.59 Å². The molecule has 3 aromatic heterocycles. The van der Waals surface area contributed by atoms with E-state index in [1.165, 1.54) is 0 Å². The number of Topliss-reactive ketones (excluding diaryl/α,β-unsaturated/α-hetero) is 1. The molecule has 8 nitrogen and oxygen atoms in total. The van der Waals surface area contributed by atoms with Gasteiger partial charge >= 0.3 is 0 Å². The number of hydrogen-bond acceptors (Lipinski definition) is 6. The van der Waals surface area contributed by atoms with Crippen LogP contribution in [0.25, 0.3) is 5.65 Å². The molecule has 1 N–H and O–H groups in total. The van der Waals surface area contributed by atoms with Gasteiger partial charge in [0, 0.05) is 67.3 Å². The molecule has 1 atom stereocenters. The van der Waals surface area contributed by atoms with Crippen LogP contribution in [0.2, 0.25) is 0 Å². The van der Waals surface area contributed by atoms with Gasteiger partial charge in [-0.1, -0.05) is 30.3 Å². The van der Waals surface area contributed by atoms with E-state index in [1.54, 1.807) is 6.20 Å². The molecule has 1 saturated heterocycles. The van der Waals surface area contributed by atoms with Crippen molar-refractivity contribution in [3.63, 3.8) is 0 Å². The highest BCUT2D eigenvalue weighted by molar-refractivity contribution is 6.06. The minimum absolute atomic E-state index is 0.0684. The summed E-state index contributed by atoms with van der Waals surface area (Å²) in [5, 5.41) is 8.01. The number of nitrogens with one attached hydrogen (secondary N) is 1. The van der Waals surface area contributed by atoms with Crippen LogP contribution in [0.15, 0.2) is 61.1 Å². The molecule has 1 aliphatic carbocycles. The molecule has 6 rings (SSSR count). The summed E-state index contributed by atoms with van der Waals surface area (Å²) in [5.41, 5.74) is 5.56. The minimum Gasteiger partial charge on any atom is -0.366 e. The standard InChI is InChI=1S/C28H28N6O2/c1-18-15-31-34-26(30-17-19-5-4-10-29-16-19)14-24(32-27(18)34)20-8-11-33(12-9-20)28(36)23-13-25(35)22-7-3-2-6-21(22)23/h2-7,10,14-16,20,23,30H,8-9,11-13,17H2,1H3. The molecule has 2 aliphatic rings. The number of hydrogen-bond donors (Lipinski definition) is 1. The van der Waals surface area contributed by atoms with Crippen molar-refractivity contribution in [3.8, 4) is 0 Å². The van der Waals surface area contributed by atoms with E-state index in [1.807, 2.05) is 65.1 Å². The van der Waals surface area contributed by atoms with Gasteiger partial charge in [-0.05, 0) is 37.0 Å². The second-order valence-electron chi connectivity index (χ2n) is 9.71. The Hall–Kier alpha value is -4.07. The molecule has 8 heteroatoms. The summed E-state index contributed by atoms with van der Waals surface area (Å²) in [4.78, 5) is 36.8. The molecule has 1 aliphatic heterocycles. The van der Waals surface area contributed by atoms with Crippen LogP contribution in [-0.2, 0) is 11.3 Å². The van der Waals surface area contributed by atoms with E-state index in [2.05, 4.69) is 21.5 Å². The fourth-order valence-electron chi connectivity index (χ4n) is 5.42. The average molecular weight is 481 g/mol. The molecule has 1 aromatic carbocycles. The van der Waals surface area contributed by atoms with E-state index in [0.717, 1.165) is 46.7 Å². The van der Waals surface area contributed by atoms with Crippen LogP contribution in [0.4, 0.5) is 5.82 Å². The topological polar surface area (TPSA) is 92.5 Å². The highest BCUT2D eigenvalue weighted by atomic mass is 16.2. The van der Waals surface area contributed by atoms with Crippen molar-refractivity contribution in [3.05, 3.63) is 89.0 Å². The van der Waals surface area contributed by atoms with Gasteiger partial charge in [0.15, 0.2) is 11.4 Å². The lowest BCUT2D eigenvalue weighted by atomic mass is 9.91. The molecular weight excluding hydrogens is 452 g/mol. The Morgan fingerprint density at radius 3 is 2.75 bits per heavy atom. The van der Waals surface area contributed by atoms with Gasteiger partial charge in [0.25, 0.3) is 0 Å². The van der Waals surface area contributed by atoms with Crippen LogP contribution in [0.5, 0.6) is 0 Å². The number of anilines is 1. The highest BCUT2D eigenvalue weighted by Crippen LogP contribution is 2.36. The molecule has 0 saturated carbocycles. The van der Waals surface area contributed by atoms with E-state index in [-0.39, 0.29) is 29.9 Å². The summed E-state index contributed by atoms with van der Waals surface area (Å²) in [6.07, 6.45) is 7.41. The Balaban J connectivity index is 1.18. The third-order valence-corrected chi connectivity index (χ3v) is 7.41. The number of aryl methyl sites for hydroxylation is 1. The van der Waals surface area contributed by atoms with Crippen molar-refractivity contribution < 1.29 is 9.59 Å². The van der Waals surface area contributed by atoms with Crippen molar-refractivity contribution >= 4 is 23.2 Å². The van der Waals surface area contributed by atoms with Gasteiger partial charge in [-0.3, -0.25) is 14.6 Å². The van der Waals surface area contributed by atoms with Crippen molar-refractivity contribution in [2.24, 2.45) is 0 Å². The number of pyridine rings is 1. The fraction of sp³-hybridized carbons (Fsp3) is 0.321. The largest absolute Gasteiger partial charge is 0.366 e. The summed E-state index contributed by atoms with van der Waals surface area (Å²) < 4.78 is 1.85. The van der Waals surface area contributed by atoms with E-state index in [0.29, 0.717) is 25.2 Å². The van der Waals surface area contributed by atoms with Crippen LogP contribution in [0, 0.1) is 6.92 Å². The summed E-state index contributed by atoms with van der Waals surface area (Å²) in [7, 11) is 0. The number of nitrogens with zero attached hydrogens (tertiary/aromatic N) is 5. The second kappa shape index (κ2) is 9.18. The number of ketones is 1. The average Bonchev–Trinajstić information content (AvgIpc) is 3.47. The van der Waals surface area contributed by atoms with Crippen LogP contribution in [0.1, 0.15) is 63.8 Å². The Labute approximate surface area is 209 Å². The number of carbonyl (C=O) groups excluding carboxylic acids is 2. The van der Waals surface area contributed by atoms with Crippen molar-refractivity contribution in [1.82, 2.24) is 24.5 Å². The summed E-state index contributed by atoms with van der Waals surface area (Å²) >= 11 is 0. The third-order valence-electron chi connectivity index (χ3n) is 7.41. The van der Waals surface area contributed by atoms with Crippen molar-refractivity contribution in [1.29, 1.82) is 0 Å². The lowest BCUT2D eigenvalue weighted by Crippen LogP contribution is -2.40. The lowest BCUT2D eigenvalue weighted by molar-refractivity contribution is -0.133. The Bertz CT molecular complexity index is 1440. The SMILES string of the molecule is Cc1cnn2c(NCc3cccnc3)cc(C3CCN(C(=O)C4CC(=O)c5ccccc54)CC3)nc12. The fourth-order valence-corrected chi connectivity index (χ4v) is 5.42. The molecular formula is C28H28N6O2. The second-order valence-corrected chi connectivity index (χ2v) is 9.71. The molecule has 0 bridgehead atoms. The normalized spacial score (nSPS) is 18.0. The first-order valence-corrected chi connectivity index (χ1v) is 12.5. The van der Waals surface area contributed by atoms with Gasteiger partial charge < -0.3 is 10.2 Å². The number of likely N-dealkylation sites (tertiary alicyclic amines) is 1. The summed E-state index contributed by atoms with van der Waals surface area (Å²) in [6.45, 7) is 3.99. The molecule has 4 heterocycles. The lowest BCUT2D eigenvalue weighted by Gasteiger charge is -2.33. The molecule has 0 spiro atoms. The number of piperidine rings is 1. The van der Waals surface area contributed by atoms with Gasteiger partial charge in [-0.2, -0.15) is 9.61 Å². The molecule has 1 unspecified atom stereocenters. The van der Waals surface area contributed by atoms with Crippen LogP contribution in [-0.4, -0.2) is 49.3 Å². The van der Waals surface area contributed by atoms with Crippen LogP contribution in [0.3, 0.4) is 0 Å². The minimum atomic E-state index is -0.350. The van der Waals surface area contributed by atoms with Crippen molar-refractivity contribution in [2.45, 2.75) is 44.6 Å². The number of benzene rings is 1. The van der Waals surface area contributed by atoms with E-state index in [4.69, 9.17) is 4.98 Å². The number of amides is 1. The quantitative estimate of drug-likeness (QED) is 0.462. The van der Waals surface area contributed by atoms with Gasteiger partial charge in [-0.15, -0.1) is 0 Å². The predicted octanol–water partition coefficient (Wildman–Crippen LogP) is 4.12. The predicted molar refractivity (Wildman–Crippen MR) is 136 cm³/mol. The van der Waals surface area contributed by atoms with E-state index < -0.39 is 0 Å². The zero-order valence-electron chi connectivity index (χ0n) is 20.2. The number of rotatable bonds is 5. The van der Waals surface area contributed by atoms with Crippen LogP contribution >= 0.6 is 0 Å². The van der Waals surface area contributed by atoms with Gasteiger partial charge in [-0.25, -0.2) is 4.98 Å². The third kappa shape index (κ3) is 4.02. The maximum Gasteiger partial charge on any atom is 0.230 e. The van der Waals surface area contributed by atoms with Crippen LogP contribution < -0.4 is 5.32 Å². The number of carbonyl (C=O) groups is 2. The number of fused-ring (bicyclic) bond motifs is 2. The molecule has 1 fully saturated rings. The van der Waals surface area contributed by atoms with E-state index >= 15 is 0 Å². The first kappa shape index (κ1) is 22.4. The van der Waals surface area contributed by atoms with Gasteiger partial charge in [0.05, 0.1) is 12.1 Å². The first-order chi connectivity index (χ1) is 17.6. The zero-order valence-corrected chi connectivity index (χ0v) is 20.2. The Morgan fingerprint density at radius 1 is 1.11 bits per heavy atom. The molecule has 1 amide bonds. The first-order valence-electron chi connectivity index (χ1n) is 12.5. The summed E-state index contributed by atoms with van der Waals surface area (Å²) in [5.74, 6) is 0.938. The maximum atomic E-state index is 13.3. The maximum absolute atomic E-state index is 13.3. The van der Waals surface area contributed by atoms with Gasteiger partial charge in [0.1, 0.15) is 5.82 Å². The molecule has 0 radical (unpaired) electrons. The molecule has 36 heavy (non-hydrogen) atoms. The molecule has 4 aromatic rings.